The molecule has 0 N–H and O–H groups in total. The molecule has 40 heavy (non-hydrogen) atoms. The molecule has 0 atom stereocenters. The minimum atomic E-state index is -0.545. The van der Waals surface area contributed by atoms with Crippen molar-refractivity contribution in [1.29, 1.82) is 0 Å². The first kappa shape index (κ1) is 27.2. The van der Waals surface area contributed by atoms with Crippen LogP contribution in [0.3, 0.4) is 0 Å². The van der Waals surface area contributed by atoms with Crippen LogP contribution in [-0.4, -0.2) is 84.2 Å². The summed E-state index contributed by atoms with van der Waals surface area (Å²) in [6.07, 6.45) is 1.54. The van der Waals surface area contributed by atoms with Gasteiger partial charge in [0.15, 0.2) is 11.5 Å². The van der Waals surface area contributed by atoms with Gasteiger partial charge in [-0.2, -0.15) is 0 Å². The van der Waals surface area contributed by atoms with E-state index >= 15 is 0 Å². The average molecular weight is 551 g/mol. The lowest BCUT2D eigenvalue weighted by molar-refractivity contribution is -0.384. The molecule has 1 saturated heterocycles. The number of ether oxygens (including phenoxy) is 3. The van der Waals surface area contributed by atoms with E-state index in [0.717, 1.165) is 18.7 Å². The summed E-state index contributed by atoms with van der Waals surface area (Å²) in [4.78, 5) is 43.4. The normalized spacial score (nSPS) is 14.6. The number of fused-ring (bicyclic) bond motifs is 1. The standard InChI is InChI=1S/C28H30N4O8/c33-27(31(18-24-5-2-12-38-24)17-21-6-7-25-26(15-21)40-20-39-25)19-30(9-8-29-10-13-37-14-11-29)28(34)22-3-1-4-23(16-22)32(35)36/h1-7,12,15-16H,8-11,13-14,17-20H2. The van der Waals surface area contributed by atoms with Crippen LogP contribution in [0.1, 0.15) is 21.7 Å². The second-order valence-corrected chi connectivity index (χ2v) is 9.50. The van der Waals surface area contributed by atoms with Gasteiger partial charge in [0, 0.05) is 50.4 Å². The van der Waals surface area contributed by atoms with E-state index in [1.165, 1.54) is 29.2 Å². The smallest absolute Gasteiger partial charge is 0.270 e. The highest BCUT2D eigenvalue weighted by Crippen LogP contribution is 2.33. The summed E-state index contributed by atoms with van der Waals surface area (Å²) in [7, 11) is 0. The third-order valence-electron chi connectivity index (χ3n) is 6.80. The fraction of sp³-hybridized carbons (Fsp3) is 0.357. The zero-order valence-electron chi connectivity index (χ0n) is 21.9. The lowest BCUT2D eigenvalue weighted by atomic mass is 10.1. The number of carbonyl (C=O) groups is 2. The van der Waals surface area contributed by atoms with Crippen LogP contribution in [0.4, 0.5) is 5.69 Å². The number of morpholine rings is 1. The quantitative estimate of drug-likeness (QED) is 0.261. The number of hydrogen-bond acceptors (Lipinski definition) is 9. The highest BCUT2D eigenvalue weighted by Gasteiger charge is 2.26. The van der Waals surface area contributed by atoms with Crippen molar-refractivity contribution in [2.24, 2.45) is 0 Å². The number of benzene rings is 2. The Bertz CT molecular complexity index is 1340. The van der Waals surface area contributed by atoms with Crippen molar-refractivity contribution in [3.63, 3.8) is 0 Å². The molecular formula is C28H30N4O8. The largest absolute Gasteiger partial charge is 0.467 e. The van der Waals surface area contributed by atoms with Crippen molar-refractivity contribution in [2.45, 2.75) is 13.1 Å². The second-order valence-electron chi connectivity index (χ2n) is 9.50. The van der Waals surface area contributed by atoms with Crippen LogP contribution < -0.4 is 9.47 Å². The molecule has 0 aliphatic carbocycles. The second kappa shape index (κ2) is 12.6. The van der Waals surface area contributed by atoms with Gasteiger partial charge >= 0.3 is 0 Å². The number of non-ortho nitro benzene ring substituents is 1. The molecule has 0 saturated carbocycles. The van der Waals surface area contributed by atoms with Crippen LogP contribution in [0.15, 0.2) is 65.3 Å². The van der Waals surface area contributed by atoms with Crippen LogP contribution in [-0.2, 0) is 22.6 Å². The summed E-state index contributed by atoms with van der Waals surface area (Å²) in [5.41, 5.74) is 0.791. The van der Waals surface area contributed by atoms with Gasteiger partial charge < -0.3 is 28.4 Å². The Balaban J connectivity index is 1.36. The molecule has 12 heteroatoms. The minimum Gasteiger partial charge on any atom is -0.467 e. The molecule has 5 rings (SSSR count). The van der Waals surface area contributed by atoms with Gasteiger partial charge in [-0.3, -0.25) is 24.6 Å². The SMILES string of the molecule is O=C(CN(CCN1CCOCC1)C(=O)c1cccc([N+](=O)[O-])c1)N(Cc1ccc2c(c1)OCO2)Cc1ccco1. The predicted octanol–water partition coefficient (Wildman–Crippen LogP) is 2.92. The van der Waals surface area contributed by atoms with Gasteiger partial charge in [0.05, 0.1) is 30.9 Å². The van der Waals surface area contributed by atoms with E-state index in [-0.39, 0.29) is 50.1 Å². The summed E-state index contributed by atoms with van der Waals surface area (Å²) in [5, 5.41) is 11.3. The molecule has 0 unspecified atom stereocenters. The van der Waals surface area contributed by atoms with Crippen molar-refractivity contribution in [3.05, 3.63) is 87.9 Å². The molecule has 2 aromatic carbocycles. The number of nitrogens with zero attached hydrogens (tertiary/aromatic N) is 4. The van der Waals surface area contributed by atoms with Crippen molar-refractivity contribution >= 4 is 17.5 Å². The van der Waals surface area contributed by atoms with Gasteiger partial charge in [0.25, 0.3) is 11.6 Å². The molecule has 12 nitrogen and oxygen atoms in total. The first-order valence-electron chi connectivity index (χ1n) is 13.0. The third kappa shape index (κ3) is 6.77. The van der Waals surface area contributed by atoms with Crippen molar-refractivity contribution in [3.8, 4) is 11.5 Å². The lowest BCUT2D eigenvalue weighted by Crippen LogP contribution is -2.47. The fourth-order valence-corrected chi connectivity index (χ4v) is 4.62. The van der Waals surface area contributed by atoms with E-state index in [1.807, 2.05) is 12.1 Å². The molecule has 3 heterocycles. The minimum absolute atomic E-state index is 0.145. The zero-order chi connectivity index (χ0) is 27.9. The third-order valence-corrected chi connectivity index (χ3v) is 6.80. The number of nitro groups is 1. The highest BCUT2D eigenvalue weighted by atomic mass is 16.7. The Labute approximate surface area is 230 Å². The number of amides is 2. The molecule has 0 radical (unpaired) electrons. The molecule has 3 aromatic rings. The Hall–Kier alpha value is -4.42. The van der Waals surface area contributed by atoms with Gasteiger partial charge in [0.2, 0.25) is 12.7 Å². The van der Waals surface area contributed by atoms with E-state index in [4.69, 9.17) is 18.6 Å². The van der Waals surface area contributed by atoms with E-state index in [1.54, 1.807) is 29.4 Å². The van der Waals surface area contributed by atoms with E-state index in [9.17, 15) is 19.7 Å². The molecular weight excluding hydrogens is 520 g/mol. The van der Waals surface area contributed by atoms with Crippen molar-refractivity contribution in [1.82, 2.24) is 14.7 Å². The van der Waals surface area contributed by atoms with Crippen molar-refractivity contribution < 1.29 is 33.1 Å². The molecule has 210 valence electrons. The van der Waals surface area contributed by atoms with Gasteiger partial charge in [-0.15, -0.1) is 0 Å². The Morgan fingerprint density at radius 3 is 2.55 bits per heavy atom. The first-order chi connectivity index (χ1) is 19.5. The number of furan rings is 1. The number of rotatable bonds is 11. The average Bonchev–Trinajstić information content (AvgIpc) is 3.67. The Morgan fingerprint density at radius 2 is 1.77 bits per heavy atom. The number of carbonyl (C=O) groups excluding carboxylic acids is 2. The Morgan fingerprint density at radius 1 is 0.950 bits per heavy atom. The summed E-state index contributed by atoms with van der Waals surface area (Å²) >= 11 is 0. The van der Waals surface area contributed by atoms with Gasteiger partial charge in [-0.1, -0.05) is 12.1 Å². The van der Waals surface area contributed by atoms with Crippen LogP contribution in [0.2, 0.25) is 0 Å². The van der Waals surface area contributed by atoms with Crippen molar-refractivity contribution in [2.75, 3.05) is 52.7 Å². The number of nitro benzene ring substituents is 1. The molecule has 0 spiro atoms. The van der Waals surface area contributed by atoms with Crippen LogP contribution >= 0.6 is 0 Å². The maximum absolute atomic E-state index is 13.8. The predicted molar refractivity (Wildman–Crippen MR) is 142 cm³/mol. The van der Waals surface area contributed by atoms with Gasteiger partial charge in [0.1, 0.15) is 12.3 Å². The van der Waals surface area contributed by atoms with Gasteiger partial charge in [-0.25, -0.2) is 0 Å². The van der Waals surface area contributed by atoms with E-state index < -0.39 is 10.8 Å². The molecule has 2 amide bonds. The monoisotopic (exact) mass is 550 g/mol. The first-order valence-corrected chi connectivity index (χ1v) is 13.0. The summed E-state index contributed by atoms with van der Waals surface area (Å²) < 4.78 is 21.8. The van der Waals surface area contributed by atoms with Crippen LogP contribution in [0.25, 0.3) is 0 Å². The fourth-order valence-electron chi connectivity index (χ4n) is 4.62. The summed E-state index contributed by atoms with van der Waals surface area (Å²) in [6.45, 7) is 3.84. The Kier molecular flexibility index (Phi) is 8.57. The van der Waals surface area contributed by atoms with Crippen LogP contribution in [0.5, 0.6) is 11.5 Å². The maximum atomic E-state index is 13.8. The van der Waals surface area contributed by atoms with Gasteiger partial charge in [-0.05, 0) is 35.9 Å². The highest BCUT2D eigenvalue weighted by molar-refractivity contribution is 5.97. The topological polar surface area (TPSA) is 128 Å². The maximum Gasteiger partial charge on any atom is 0.270 e. The van der Waals surface area contributed by atoms with Crippen LogP contribution in [0, 0.1) is 10.1 Å². The summed E-state index contributed by atoms with van der Waals surface area (Å²) in [5.74, 6) is 1.10. The molecule has 2 aliphatic heterocycles. The zero-order valence-corrected chi connectivity index (χ0v) is 21.9. The molecule has 2 aliphatic rings. The lowest BCUT2D eigenvalue weighted by Gasteiger charge is -2.31. The molecule has 1 aromatic heterocycles. The molecule has 1 fully saturated rings. The van der Waals surface area contributed by atoms with E-state index in [0.29, 0.717) is 37.0 Å². The summed E-state index contributed by atoms with van der Waals surface area (Å²) in [6, 6.07) is 14.6. The molecule has 0 bridgehead atoms. The van der Waals surface area contributed by atoms with E-state index in [2.05, 4.69) is 4.90 Å². The number of hydrogen-bond donors (Lipinski definition) is 0.